The fourth-order valence-corrected chi connectivity index (χ4v) is 2.57. The molecule has 0 aliphatic carbocycles. The van der Waals surface area contributed by atoms with Crippen molar-refractivity contribution in [3.63, 3.8) is 0 Å². The first-order valence-corrected chi connectivity index (χ1v) is 6.47. The highest BCUT2D eigenvalue weighted by atomic mass is 32.2. The van der Waals surface area contributed by atoms with E-state index in [0.29, 0.717) is 23.8 Å². The highest BCUT2D eigenvalue weighted by Crippen LogP contribution is 2.34. The third kappa shape index (κ3) is 2.00. The molecule has 0 radical (unpaired) electrons. The second kappa shape index (κ2) is 4.47. The smallest absolute Gasteiger partial charge is 0.234 e. The Morgan fingerprint density at radius 2 is 2.33 bits per heavy atom. The number of anilines is 1. The Labute approximate surface area is 108 Å². The zero-order valence-corrected chi connectivity index (χ0v) is 10.3. The molecule has 0 bridgehead atoms. The third-order valence-electron chi connectivity index (χ3n) is 2.67. The van der Waals surface area contributed by atoms with E-state index in [-0.39, 0.29) is 5.91 Å². The van der Waals surface area contributed by atoms with Gasteiger partial charge >= 0.3 is 0 Å². The van der Waals surface area contributed by atoms with Crippen LogP contribution in [0.4, 0.5) is 5.69 Å². The number of hydrogen-bond acceptors (Lipinski definition) is 5. The molecule has 6 heteroatoms. The first kappa shape index (κ1) is 11.3. The van der Waals surface area contributed by atoms with Crippen molar-refractivity contribution in [3.8, 4) is 11.3 Å². The Hall–Kier alpha value is -1.79. The van der Waals surface area contributed by atoms with Gasteiger partial charge in [0.15, 0.2) is 5.76 Å². The summed E-state index contributed by atoms with van der Waals surface area (Å²) in [5, 5.41) is 6.69. The van der Waals surface area contributed by atoms with Crippen LogP contribution in [0.2, 0.25) is 0 Å². The lowest BCUT2D eigenvalue weighted by Gasteiger charge is -2.16. The minimum absolute atomic E-state index is 0.0184. The van der Waals surface area contributed by atoms with Crippen LogP contribution in [0.25, 0.3) is 11.3 Å². The van der Waals surface area contributed by atoms with E-state index < -0.39 is 0 Å². The number of benzene rings is 1. The number of carbonyl (C=O) groups excluding carboxylic acids is 1. The molecule has 1 aliphatic heterocycles. The maximum absolute atomic E-state index is 11.3. The lowest BCUT2D eigenvalue weighted by molar-refractivity contribution is -0.113. The van der Waals surface area contributed by atoms with Crippen molar-refractivity contribution in [2.75, 3.05) is 11.1 Å². The van der Waals surface area contributed by atoms with Crippen LogP contribution in [-0.2, 0) is 11.3 Å². The van der Waals surface area contributed by atoms with Gasteiger partial charge in [-0.1, -0.05) is 5.16 Å². The van der Waals surface area contributed by atoms with Gasteiger partial charge in [0.05, 0.1) is 17.1 Å². The molecule has 3 N–H and O–H groups in total. The van der Waals surface area contributed by atoms with Crippen molar-refractivity contribution in [1.82, 2.24) is 5.16 Å². The predicted octanol–water partition coefficient (Wildman–Crippen LogP) is 1.84. The number of nitrogens with zero attached hydrogens (tertiary/aromatic N) is 1. The second-order valence-electron chi connectivity index (χ2n) is 3.93. The van der Waals surface area contributed by atoms with Gasteiger partial charge in [-0.25, -0.2) is 0 Å². The summed E-state index contributed by atoms with van der Waals surface area (Å²) < 4.78 is 5.21. The molecule has 2 heterocycles. The topological polar surface area (TPSA) is 81.1 Å². The van der Waals surface area contributed by atoms with Gasteiger partial charge < -0.3 is 15.6 Å². The molecule has 3 rings (SSSR count). The minimum Gasteiger partial charge on any atom is -0.356 e. The standard InChI is InChI=1S/C12H11N3O2S/c13-5-8-4-10(17-15-8)7-1-2-11-9(3-7)14-12(16)6-18-11/h1-4H,5-6,13H2,(H,14,16). The van der Waals surface area contributed by atoms with E-state index in [0.717, 1.165) is 16.1 Å². The largest absolute Gasteiger partial charge is 0.356 e. The van der Waals surface area contributed by atoms with E-state index in [1.54, 1.807) is 6.07 Å². The number of amides is 1. The molecular weight excluding hydrogens is 250 g/mol. The van der Waals surface area contributed by atoms with E-state index >= 15 is 0 Å². The van der Waals surface area contributed by atoms with Gasteiger partial charge in [-0.3, -0.25) is 4.79 Å². The van der Waals surface area contributed by atoms with Crippen LogP contribution < -0.4 is 11.1 Å². The Morgan fingerprint density at radius 1 is 1.44 bits per heavy atom. The molecule has 2 aromatic rings. The van der Waals surface area contributed by atoms with Gasteiger partial charge in [-0.05, 0) is 18.2 Å². The van der Waals surface area contributed by atoms with Crippen molar-refractivity contribution in [1.29, 1.82) is 0 Å². The summed E-state index contributed by atoms with van der Waals surface area (Å²) in [6.45, 7) is 0.348. The molecule has 0 fully saturated rings. The van der Waals surface area contributed by atoms with Crippen LogP contribution >= 0.6 is 11.8 Å². The van der Waals surface area contributed by atoms with Gasteiger partial charge in [0.25, 0.3) is 0 Å². The Kier molecular flexibility index (Phi) is 2.81. The fourth-order valence-electron chi connectivity index (χ4n) is 1.78. The maximum Gasteiger partial charge on any atom is 0.234 e. The van der Waals surface area contributed by atoms with Gasteiger partial charge in [0, 0.05) is 23.1 Å². The van der Waals surface area contributed by atoms with E-state index in [2.05, 4.69) is 10.5 Å². The number of fused-ring (bicyclic) bond motifs is 1. The number of carbonyl (C=O) groups is 1. The van der Waals surface area contributed by atoms with Crippen LogP contribution in [0, 0.1) is 0 Å². The zero-order chi connectivity index (χ0) is 12.5. The molecule has 5 nitrogen and oxygen atoms in total. The lowest BCUT2D eigenvalue weighted by Crippen LogP contribution is -2.18. The first-order chi connectivity index (χ1) is 8.76. The molecular formula is C12H11N3O2S. The Balaban J connectivity index is 1.98. The molecule has 92 valence electrons. The molecule has 1 aromatic carbocycles. The number of hydrogen-bond donors (Lipinski definition) is 2. The number of thioether (sulfide) groups is 1. The molecule has 1 aliphatic rings. The van der Waals surface area contributed by atoms with Crippen LogP contribution in [0.1, 0.15) is 5.69 Å². The van der Waals surface area contributed by atoms with Crippen molar-refractivity contribution >= 4 is 23.4 Å². The van der Waals surface area contributed by atoms with Crippen molar-refractivity contribution in [2.45, 2.75) is 11.4 Å². The zero-order valence-electron chi connectivity index (χ0n) is 9.47. The number of nitrogens with one attached hydrogen (secondary N) is 1. The molecule has 0 saturated heterocycles. The average molecular weight is 261 g/mol. The minimum atomic E-state index is 0.0184. The first-order valence-electron chi connectivity index (χ1n) is 5.49. The Bertz CT molecular complexity index is 609. The van der Waals surface area contributed by atoms with Crippen molar-refractivity contribution < 1.29 is 9.32 Å². The molecule has 0 unspecified atom stereocenters. The van der Waals surface area contributed by atoms with E-state index in [1.165, 1.54) is 11.8 Å². The van der Waals surface area contributed by atoms with E-state index in [1.807, 2.05) is 18.2 Å². The molecule has 18 heavy (non-hydrogen) atoms. The van der Waals surface area contributed by atoms with Gasteiger partial charge in [-0.15, -0.1) is 11.8 Å². The van der Waals surface area contributed by atoms with Crippen LogP contribution in [-0.4, -0.2) is 16.8 Å². The summed E-state index contributed by atoms with van der Waals surface area (Å²) in [5.74, 6) is 1.14. The maximum atomic E-state index is 11.3. The van der Waals surface area contributed by atoms with Gasteiger partial charge in [-0.2, -0.15) is 0 Å². The summed E-state index contributed by atoms with van der Waals surface area (Å²) in [4.78, 5) is 12.4. The lowest BCUT2D eigenvalue weighted by atomic mass is 10.1. The molecule has 0 saturated carbocycles. The average Bonchev–Trinajstić information content (AvgIpc) is 2.86. The van der Waals surface area contributed by atoms with E-state index in [4.69, 9.17) is 10.3 Å². The SMILES string of the molecule is NCc1cc(-c2ccc3c(c2)NC(=O)CS3)on1. The predicted molar refractivity (Wildman–Crippen MR) is 69.2 cm³/mol. The fraction of sp³-hybridized carbons (Fsp3) is 0.167. The summed E-state index contributed by atoms with van der Waals surface area (Å²) in [6, 6.07) is 7.61. The molecule has 0 spiro atoms. The molecule has 1 aromatic heterocycles. The second-order valence-corrected chi connectivity index (χ2v) is 4.95. The molecule has 1 amide bonds. The summed E-state index contributed by atoms with van der Waals surface area (Å²) in [5.41, 5.74) is 7.89. The highest BCUT2D eigenvalue weighted by Gasteiger charge is 2.16. The van der Waals surface area contributed by atoms with E-state index in [9.17, 15) is 4.79 Å². The summed E-state index contributed by atoms with van der Waals surface area (Å²) in [7, 11) is 0. The number of nitrogens with two attached hydrogens (primary N) is 1. The van der Waals surface area contributed by atoms with Crippen molar-refractivity contribution in [3.05, 3.63) is 30.0 Å². The third-order valence-corrected chi connectivity index (χ3v) is 3.74. The van der Waals surface area contributed by atoms with Gasteiger partial charge in [0.1, 0.15) is 0 Å². The van der Waals surface area contributed by atoms with Crippen LogP contribution in [0.15, 0.2) is 33.7 Å². The number of rotatable bonds is 2. The quantitative estimate of drug-likeness (QED) is 0.862. The van der Waals surface area contributed by atoms with Gasteiger partial charge in [0.2, 0.25) is 5.91 Å². The Morgan fingerprint density at radius 3 is 3.11 bits per heavy atom. The monoisotopic (exact) mass is 261 g/mol. The molecule has 0 atom stereocenters. The van der Waals surface area contributed by atoms with Crippen molar-refractivity contribution in [2.24, 2.45) is 5.73 Å². The summed E-state index contributed by atoms with van der Waals surface area (Å²) in [6.07, 6.45) is 0. The van der Waals surface area contributed by atoms with Crippen LogP contribution in [0.3, 0.4) is 0 Å². The van der Waals surface area contributed by atoms with Crippen LogP contribution in [0.5, 0.6) is 0 Å². The highest BCUT2D eigenvalue weighted by molar-refractivity contribution is 8.00. The number of aromatic nitrogens is 1. The summed E-state index contributed by atoms with van der Waals surface area (Å²) >= 11 is 1.53. The normalized spacial score (nSPS) is 14.2.